The summed E-state index contributed by atoms with van der Waals surface area (Å²) in [7, 11) is 1.49. The van der Waals surface area contributed by atoms with Gasteiger partial charge in [-0.25, -0.2) is 0 Å². The smallest absolute Gasteiger partial charge is 0.283 e. The molecule has 0 amide bonds. The van der Waals surface area contributed by atoms with Crippen LogP contribution in [0.5, 0.6) is 5.75 Å². The summed E-state index contributed by atoms with van der Waals surface area (Å²) >= 11 is 7.54. The van der Waals surface area contributed by atoms with E-state index in [4.69, 9.17) is 20.8 Å². The summed E-state index contributed by atoms with van der Waals surface area (Å²) in [6.07, 6.45) is 9.17. The number of furan rings is 1. The van der Waals surface area contributed by atoms with Gasteiger partial charge in [0.2, 0.25) is 0 Å². The van der Waals surface area contributed by atoms with Crippen LogP contribution >= 0.6 is 22.9 Å². The number of hydrogen-bond donors (Lipinski definition) is 1. The summed E-state index contributed by atoms with van der Waals surface area (Å²) in [5.74, 6) is 0.146. The predicted octanol–water partition coefficient (Wildman–Crippen LogP) is 5.23. The Morgan fingerprint density at radius 1 is 1.10 bits per heavy atom. The fourth-order valence-electron chi connectivity index (χ4n) is 4.47. The molecule has 6 aromatic rings. The normalized spacial score (nSPS) is 11.0. The van der Waals surface area contributed by atoms with Crippen LogP contribution in [-0.4, -0.2) is 42.5 Å². The minimum atomic E-state index is -0.445. The van der Waals surface area contributed by atoms with E-state index in [0.717, 1.165) is 10.4 Å². The Kier molecular flexibility index (Phi) is 7.62. The number of anilines is 1. The minimum absolute atomic E-state index is 0.167. The summed E-state index contributed by atoms with van der Waals surface area (Å²) < 4.78 is 14.4. The zero-order valence-corrected chi connectivity index (χ0v) is 23.7. The Hall–Kier alpha value is -5.07. The Morgan fingerprint density at radius 2 is 2.00 bits per heavy atom. The molecule has 0 aliphatic carbocycles. The second kappa shape index (κ2) is 11.8. The van der Waals surface area contributed by atoms with E-state index in [-0.39, 0.29) is 23.5 Å². The molecular weight excluding hydrogens is 578 g/mol. The van der Waals surface area contributed by atoms with Gasteiger partial charge in [-0.2, -0.15) is 20.0 Å². The van der Waals surface area contributed by atoms with E-state index < -0.39 is 5.91 Å². The monoisotopic (exact) mass is 599 g/mol. The second-order valence-electron chi connectivity index (χ2n) is 9.03. The average Bonchev–Trinajstić information content (AvgIpc) is 3.78. The minimum Gasteiger partial charge on any atom is -0.491 e. The molecule has 210 valence electrons. The molecule has 0 fully saturated rings. The average molecular weight is 600 g/mol. The molecule has 0 unspecified atom stereocenters. The quantitative estimate of drug-likeness (QED) is 0.237. The van der Waals surface area contributed by atoms with Gasteiger partial charge in [0, 0.05) is 34.6 Å². The first-order valence-electron chi connectivity index (χ1n) is 12.7. The second-order valence-corrected chi connectivity index (χ2v) is 10.8. The Labute approximate surface area is 248 Å². The molecule has 0 saturated heterocycles. The molecule has 1 N–H and O–H groups in total. The van der Waals surface area contributed by atoms with Crippen molar-refractivity contribution in [2.24, 2.45) is 0 Å². The number of aromatic nitrogens is 6. The Balaban J connectivity index is 1.53. The number of methoxy groups -OCH3 is 1. The molecule has 0 atom stereocenters. The molecule has 11 nitrogen and oxygen atoms in total. The number of nitrogens with zero attached hydrogens (tertiary/aromatic N) is 6. The molecule has 6 heterocycles. The van der Waals surface area contributed by atoms with E-state index in [2.05, 4.69) is 25.6 Å². The number of pyridine rings is 2. The lowest BCUT2D eigenvalue weighted by molar-refractivity contribution is 0.0947. The van der Waals surface area contributed by atoms with Crippen LogP contribution in [0.3, 0.4) is 0 Å². The molecule has 0 aliphatic rings. The van der Waals surface area contributed by atoms with Crippen LogP contribution in [0.25, 0.3) is 22.5 Å². The van der Waals surface area contributed by atoms with Crippen LogP contribution in [-0.2, 0) is 13.1 Å². The van der Waals surface area contributed by atoms with Crippen LogP contribution in [0.2, 0.25) is 4.34 Å². The number of carbonyl (C=O) groups is 1. The summed E-state index contributed by atoms with van der Waals surface area (Å²) in [6.45, 7) is 0.521. The van der Waals surface area contributed by atoms with E-state index >= 15 is 0 Å². The van der Waals surface area contributed by atoms with Gasteiger partial charge < -0.3 is 19.0 Å². The summed E-state index contributed by atoms with van der Waals surface area (Å²) in [4.78, 5) is 32.7. The molecule has 0 radical (unpaired) electrons. The predicted molar refractivity (Wildman–Crippen MR) is 158 cm³/mol. The summed E-state index contributed by atoms with van der Waals surface area (Å²) in [5.41, 5.74) is 2.60. The zero-order chi connectivity index (χ0) is 29.1. The van der Waals surface area contributed by atoms with Crippen molar-refractivity contribution < 1.29 is 13.9 Å². The highest BCUT2D eigenvalue weighted by atomic mass is 35.5. The fraction of sp³-hybridized carbons (Fsp3) is 0.103. The third-order valence-electron chi connectivity index (χ3n) is 6.44. The van der Waals surface area contributed by atoms with Crippen LogP contribution in [0.4, 0.5) is 5.82 Å². The van der Waals surface area contributed by atoms with Crippen molar-refractivity contribution in [3.8, 4) is 28.3 Å². The van der Waals surface area contributed by atoms with Gasteiger partial charge in [-0.15, -0.1) is 11.3 Å². The SMILES string of the molecule is COc1c(-c2ccc(-c3cccnc3)c(=O)n2Cc2ccnnc2)nn(C(=O)c2ccoc2)c1NCc1ccc(Cl)s1. The first kappa shape index (κ1) is 27.1. The van der Waals surface area contributed by atoms with Crippen molar-refractivity contribution in [3.05, 3.63) is 117 Å². The lowest BCUT2D eigenvalue weighted by Crippen LogP contribution is -2.24. The number of hydrogen-bond acceptors (Lipinski definition) is 10. The molecule has 0 aliphatic heterocycles. The zero-order valence-electron chi connectivity index (χ0n) is 22.1. The standard InChI is InChI=1S/C29H22ClN7O4S/c1-40-26-25(35-37(28(38)20-9-12-41-17-20)27(26)32-15-21-4-7-24(30)42-21)23-6-5-22(19-3-2-10-31-14-19)29(39)36(23)16-18-8-11-33-34-13-18/h2-14,17,32H,15-16H2,1H3. The third kappa shape index (κ3) is 5.32. The maximum atomic E-state index is 14.0. The molecule has 0 aromatic carbocycles. The molecule has 13 heteroatoms. The lowest BCUT2D eigenvalue weighted by atomic mass is 10.1. The van der Waals surface area contributed by atoms with Crippen LogP contribution in [0, 0.1) is 0 Å². The van der Waals surface area contributed by atoms with Gasteiger partial charge in [-0.05, 0) is 48.0 Å². The van der Waals surface area contributed by atoms with Gasteiger partial charge in [0.05, 0.1) is 48.3 Å². The van der Waals surface area contributed by atoms with Crippen molar-refractivity contribution in [3.63, 3.8) is 0 Å². The number of nitrogens with one attached hydrogen (secondary N) is 1. The first-order chi connectivity index (χ1) is 20.5. The highest BCUT2D eigenvalue weighted by Gasteiger charge is 2.27. The maximum Gasteiger partial charge on any atom is 0.283 e. The van der Waals surface area contributed by atoms with Gasteiger partial charge >= 0.3 is 0 Å². The largest absolute Gasteiger partial charge is 0.491 e. The van der Waals surface area contributed by atoms with E-state index in [1.165, 1.54) is 35.7 Å². The highest BCUT2D eigenvalue weighted by Crippen LogP contribution is 2.38. The lowest BCUT2D eigenvalue weighted by Gasteiger charge is -2.14. The van der Waals surface area contributed by atoms with Crippen LogP contribution in [0.1, 0.15) is 20.8 Å². The Morgan fingerprint density at radius 3 is 2.69 bits per heavy atom. The fourth-order valence-corrected chi connectivity index (χ4v) is 5.50. The summed E-state index contributed by atoms with van der Waals surface area (Å²) in [5, 5.41) is 15.8. The Bertz CT molecular complexity index is 1900. The molecule has 0 spiro atoms. The molecule has 0 bridgehead atoms. The first-order valence-corrected chi connectivity index (χ1v) is 13.8. The van der Waals surface area contributed by atoms with Gasteiger partial charge in [0.25, 0.3) is 11.5 Å². The van der Waals surface area contributed by atoms with E-state index in [0.29, 0.717) is 39.1 Å². The summed E-state index contributed by atoms with van der Waals surface area (Å²) in [6, 6.07) is 14.1. The molecule has 6 rings (SSSR count). The van der Waals surface area contributed by atoms with Crippen molar-refractivity contribution in [1.82, 2.24) is 29.5 Å². The van der Waals surface area contributed by atoms with E-state index in [1.54, 1.807) is 65.8 Å². The topological polar surface area (TPSA) is 130 Å². The molecule has 42 heavy (non-hydrogen) atoms. The van der Waals surface area contributed by atoms with Crippen molar-refractivity contribution >= 4 is 34.7 Å². The van der Waals surface area contributed by atoms with Crippen molar-refractivity contribution in [1.29, 1.82) is 0 Å². The van der Waals surface area contributed by atoms with Gasteiger partial charge in [0.1, 0.15) is 6.26 Å². The third-order valence-corrected chi connectivity index (χ3v) is 7.67. The maximum absolute atomic E-state index is 14.0. The van der Waals surface area contributed by atoms with Crippen LogP contribution < -0.4 is 15.6 Å². The van der Waals surface area contributed by atoms with Gasteiger partial charge in [-0.3, -0.25) is 14.6 Å². The molecular formula is C29H22ClN7O4S. The van der Waals surface area contributed by atoms with Crippen molar-refractivity contribution in [2.75, 3.05) is 12.4 Å². The number of rotatable bonds is 9. The highest BCUT2D eigenvalue weighted by molar-refractivity contribution is 7.16. The van der Waals surface area contributed by atoms with Gasteiger partial charge in [-0.1, -0.05) is 17.7 Å². The molecule has 0 saturated carbocycles. The molecule has 6 aromatic heterocycles. The number of carbonyl (C=O) groups excluding carboxylic acids is 1. The number of ether oxygens (including phenoxy) is 1. The van der Waals surface area contributed by atoms with E-state index in [1.807, 2.05) is 12.1 Å². The van der Waals surface area contributed by atoms with Crippen molar-refractivity contribution in [2.45, 2.75) is 13.1 Å². The van der Waals surface area contributed by atoms with E-state index in [9.17, 15) is 9.59 Å². The number of halogens is 1. The van der Waals surface area contributed by atoms with Gasteiger partial charge in [0.15, 0.2) is 17.3 Å². The van der Waals surface area contributed by atoms with Crippen LogP contribution in [0.15, 0.2) is 95.1 Å². The number of thiophene rings is 1.